The molecular formula is C36H66N8O17. The van der Waals surface area contributed by atoms with Gasteiger partial charge < -0.3 is 89.0 Å². The number of carbonyl (C=O) groups excluding carboxylic acids is 1. The average Bonchev–Trinajstić information content (AvgIpc) is 4.09. The first-order valence-electron chi connectivity index (χ1n) is 20.1. The zero-order valence-electron chi connectivity index (χ0n) is 34.2. The zero-order valence-corrected chi connectivity index (χ0v) is 34.2. The molecule has 0 radical (unpaired) electrons. The molecule has 6 aliphatic heterocycles. The van der Waals surface area contributed by atoms with Crippen LogP contribution in [0.25, 0.3) is 0 Å². The molecule has 6 heterocycles. The molecule has 0 amide bonds. The summed E-state index contributed by atoms with van der Waals surface area (Å²) in [5.74, 6) is -6.36. The molecule has 0 unspecified atom stereocenters. The van der Waals surface area contributed by atoms with Gasteiger partial charge in [0.1, 0.15) is 54.9 Å². The monoisotopic (exact) mass is 882 g/mol. The van der Waals surface area contributed by atoms with Crippen LogP contribution in [0.4, 0.5) is 0 Å². The summed E-state index contributed by atoms with van der Waals surface area (Å²) in [6.07, 6.45) is 10.6. The van der Waals surface area contributed by atoms with Crippen molar-refractivity contribution in [3.8, 4) is 0 Å². The molecule has 18 N–H and O–H groups in total. The molecule has 0 aromatic carbocycles. The highest BCUT2D eigenvalue weighted by atomic mass is 16.5. The Labute approximate surface area is 352 Å². The Morgan fingerprint density at radius 3 is 0.787 bits per heavy atom. The summed E-state index contributed by atoms with van der Waals surface area (Å²) < 4.78 is 4.74. The Kier molecular flexibility index (Phi) is 30.6. The molecule has 6 fully saturated rings. The molecule has 61 heavy (non-hydrogen) atoms. The smallest absolute Gasteiger partial charge is 0.324 e. The van der Waals surface area contributed by atoms with Crippen LogP contribution in [0.3, 0.4) is 0 Å². The van der Waals surface area contributed by atoms with Crippen molar-refractivity contribution in [3.05, 3.63) is 0 Å². The van der Waals surface area contributed by atoms with Crippen LogP contribution in [-0.4, -0.2) is 189 Å². The van der Waals surface area contributed by atoms with E-state index in [0.717, 1.165) is 116 Å². The van der Waals surface area contributed by atoms with E-state index in [1.54, 1.807) is 0 Å². The van der Waals surface area contributed by atoms with Gasteiger partial charge in [-0.1, -0.05) is 0 Å². The summed E-state index contributed by atoms with van der Waals surface area (Å²) in [6.45, 7) is 4.31. The minimum atomic E-state index is -1.18. The van der Waals surface area contributed by atoms with Gasteiger partial charge in [-0.15, -0.1) is 0 Å². The van der Waals surface area contributed by atoms with Crippen LogP contribution in [0.2, 0.25) is 0 Å². The molecule has 8 atom stereocenters. The predicted molar refractivity (Wildman–Crippen MR) is 214 cm³/mol. The molecule has 0 saturated carbocycles. The number of hydrogen-bond acceptors (Lipinski definition) is 18. The third kappa shape index (κ3) is 27.1. The maximum atomic E-state index is 11.2. The number of rotatable bonds is 11. The lowest BCUT2D eigenvalue weighted by Crippen LogP contribution is -2.39. The SMILES string of the molecule is N[C@@H](CO)C(=O)O.N[C@@H](COC(=O)[C@@H]1CCCN1)C(=O)O.O=C(O)[C@@H]1CCCN1.O=C(O)[C@@H]1CCCN1.O=C(O)[C@@H]1CCCN1.O=C(O)[C@@H]1CCCN1.O=C(O)[C@@H]1CCCN1. The Morgan fingerprint density at radius 2 is 0.656 bits per heavy atom. The molecule has 352 valence electrons. The maximum Gasteiger partial charge on any atom is 0.324 e. The first kappa shape index (κ1) is 56.4. The van der Waals surface area contributed by atoms with Crippen LogP contribution in [0.1, 0.15) is 77.0 Å². The van der Waals surface area contributed by atoms with E-state index in [2.05, 4.69) is 31.9 Å². The second-order valence-electron chi connectivity index (χ2n) is 14.3. The number of carboxylic acids is 7. The summed E-state index contributed by atoms with van der Waals surface area (Å²) >= 11 is 0. The van der Waals surface area contributed by atoms with Crippen LogP contribution in [0.15, 0.2) is 0 Å². The van der Waals surface area contributed by atoms with E-state index in [1.165, 1.54) is 0 Å². The van der Waals surface area contributed by atoms with Gasteiger partial charge in [-0.2, -0.15) is 0 Å². The quantitative estimate of drug-likeness (QED) is 0.0885. The van der Waals surface area contributed by atoms with E-state index in [4.69, 9.17) is 57.1 Å². The number of ether oxygens (including phenoxy) is 1. The van der Waals surface area contributed by atoms with Crippen molar-refractivity contribution < 1.29 is 83.9 Å². The van der Waals surface area contributed by atoms with Gasteiger partial charge in [-0.3, -0.25) is 38.4 Å². The third-order valence-electron chi connectivity index (χ3n) is 9.37. The molecule has 6 rings (SSSR count). The van der Waals surface area contributed by atoms with Gasteiger partial charge in [0.05, 0.1) is 6.61 Å². The van der Waals surface area contributed by atoms with Crippen LogP contribution < -0.4 is 43.4 Å². The lowest BCUT2D eigenvalue weighted by Gasteiger charge is -2.11. The first-order valence-corrected chi connectivity index (χ1v) is 20.1. The van der Waals surface area contributed by atoms with Gasteiger partial charge in [0, 0.05) is 0 Å². The fourth-order valence-electron chi connectivity index (χ4n) is 5.78. The number of carbonyl (C=O) groups is 8. The fourth-order valence-corrected chi connectivity index (χ4v) is 5.78. The number of aliphatic carboxylic acids is 7. The standard InChI is InChI=1S/C8H14N2O4.5C5H9NO2.C3H7NO3/c9-5(7(11)12)4-14-8(13)6-2-1-3-10-6;5*7-5(8)4-2-1-3-6-4;4-2(1-5)3(6)7/h5-6,10H,1-4,9H2,(H,11,12);5*4,6H,1-3H2,(H,7,8);2,5H,1,4H2,(H,6,7)/t5-,6-;5*4-;2-/m0000000/s1. The maximum absolute atomic E-state index is 11.2. The fraction of sp³-hybridized carbons (Fsp3) is 0.778. The lowest BCUT2D eigenvalue weighted by molar-refractivity contribution is -0.150. The summed E-state index contributed by atoms with van der Waals surface area (Å²) in [7, 11) is 0. The van der Waals surface area contributed by atoms with E-state index in [0.29, 0.717) is 0 Å². The average molecular weight is 883 g/mol. The Morgan fingerprint density at radius 1 is 0.426 bits per heavy atom. The van der Waals surface area contributed by atoms with E-state index in [-0.39, 0.29) is 42.9 Å². The van der Waals surface area contributed by atoms with Crippen LogP contribution >= 0.6 is 0 Å². The van der Waals surface area contributed by atoms with E-state index in [1.807, 2.05) is 0 Å². The van der Waals surface area contributed by atoms with Crippen molar-refractivity contribution in [1.82, 2.24) is 31.9 Å². The predicted octanol–water partition coefficient (Wildman–Crippen LogP) is -3.80. The minimum Gasteiger partial charge on any atom is -0.480 e. The van der Waals surface area contributed by atoms with Crippen LogP contribution in [-0.2, 0) is 43.1 Å². The van der Waals surface area contributed by atoms with Crippen LogP contribution in [0.5, 0.6) is 0 Å². The van der Waals surface area contributed by atoms with Gasteiger partial charge >= 0.3 is 47.8 Å². The molecule has 0 aromatic heterocycles. The molecule has 6 saturated heterocycles. The number of hydrogen-bond donors (Lipinski definition) is 16. The van der Waals surface area contributed by atoms with Gasteiger partial charge in [-0.25, -0.2) is 0 Å². The van der Waals surface area contributed by atoms with Gasteiger partial charge in [0.2, 0.25) is 0 Å². The molecule has 0 spiro atoms. The summed E-state index contributed by atoms with van der Waals surface area (Å²) in [4.78, 5) is 81.9. The number of aliphatic hydroxyl groups is 1. The van der Waals surface area contributed by atoms with Gasteiger partial charge in [0.15, 0.2) is 0 Å². The van der Waals surface area contributed by atoms with E-state index < -0.39 is 66.4 Å². The van der Waals surface area contributed by atoms with Crippen molar-refractivity contribution in [2.24, 2.45) is 11.5 Å². The zero-order chi connectivity index (χ0) is 46.3. The largest absolute Gasteiger partial charge is 0.480 e. The number of nitrogens with one attached hydrogen (secondary N) is 6. The molecule has 0 aliphatic carbocycles. The number of esters is 1. The number of carboxylic acid groups (broad SMARTS) is 7. The summed E-state index contributed by atoms with van der Waals surface area (Å²) in [5, 5.41) is 83.3. The first-order chi connectivity index (χ1) is 28.8. The Hall–Kier alpha value is -4.60. The van der Waals surface area contributed by atoms with Crippen molar-refractivity contribution in [3.63, 3.8) is 0 Å². The second-order valence-corrected chi connectivity index (χ2v) is 14.3. The third-order valence-corrected chi connectivity index (χ3v) is 9.37. The van der Waals surface area contributed by atoms with Gasteiger partial charge in [-0.05, 0) is 116 Å². The van der Waals surface area contributed by atoms with E-state index in [9.17, 15) is 38.4 Å². The number of aliphatic hydroxyl groups excluding tert-OH is 1. The highest BCUT2D eigenvalue weighted by molar-refractivity contribution is 5.78. The van der Waals surface area contributed by atoms with Gasteiger partial charge in [0.25, 0.3) is 0 Å². The van der Waals surface area contributed by atoms with Crippen molar-refractivity contribution in [2.45, 2.75) is 125 Å². The van der Waals surface area contributed by atoms with Crippen molar-refractivity contribution in [1.29, 1.82) is 0 Å². The Balaban J connectivity index is 0.000000698. The summed E-state index contributed by atoms with van der Waals surface area (Å²) in [6, 6.07) is -3.90. The number of nitrogens with two attached hydrogens (primary N) is 2. The van der Waals surface area contributed by atoms with Crippen LogP contribution in [0, 0.1) is 0 Å². The molecule has 25 nitrogen and oxygen atoms in total. The highest BCUT2D eigenvalue weighted by Crippen LogP contribution is 2.08. The normalized spacial score (nSPS) is 25.4. The molecule has 0 aromatic rings. The topological polar surface area (TPSA) is 432 Å². The minimum absolute atomic E-state index is 0.269. The Bertz CT molecular complexity index is 1180. The molecular weight excluding hydrogens is 816 g/mol. The molecule has 6 aliphatic rings. The lowest BCUT2D eigenvalue weighted by atomic mass is 10.2. The second kappa shape index (κ2) is 33.1. The summed E-state index contributed by atoms with van der Waals surface area (Å²) in [5.41, 5.74) is 9.93. The van der Waals surface area contributed by atoms with Crippen molar-refractivity contribution >= 4 is 47.8 Å². The molecule has 25 heteroatoms. The van der Waals surface area contributed by atoms with Crippen molar-refractivity contribution in [2.75, 3.05) is 52.5 Å². The highest BCUT2D eigenvalue weighted by Gasteiger charge is 2.26. The molecule has 0 bridgehead atoms. The van der Waals surface area contributed by atoms with E-state index >= 15 is 0 Å².